The molecule has 7 heteroatoms. The van der Waals surface area contributed by atoms with Crippen molar-refractivity contribution in [3.05, 3.63) is 53.8 Å². The summed E-state index contributed by atoms with van der Waals surface area (Å²) in [5, 5.41) is 7.77. The molecular formula is C17H16FN3OS2. The highest BCUT2D eigenvalue weighted by molar-refractivity contribution is 7.99. The molecular weight excluding hydrogens is 345 g/mol. The highest BCUT2D eigenvalue weighted by atomic mass is 32.2. The van der Waals surface area contributed by atoms with E-state index in [1.54, 1.807) is 24.9 Å². The summed E-state index contributed by atoms with van der Waals surface area (Å²) in [6.07, 6.45) is 0.760. The van der Waals surface area contributed by atoms with Gasteiger partial charge in [0.15, 0.2) is 5.11 Å². The number of hydrogen-bond donors (Lipinski definition) is 2. The zero-order chi connectivity index (χ0) is 16.9. The second kappa shape index (κ2) is 7.63. The molecule has 3 rings (SSSR count). The molecule has 0 spiro atoms. The van der Waals surface area contributed by atoms with Crippen LogP contribution in [-0.4, -0.2) is 23.7 Å². The number of benzene rings is 2. The monoisotopic (exact) mass is 361 g/mol. The van der Waals surface area contributed by atoms with Crippen LogP contribution >= 0.6 is 24.0 Å². The molecule has 0 aliphatic carbocycles. The van der Waals surface area contributed by atoms with Crippen molar-refractivity contribution in [3.8, 4) is 5.75 Å². The molecule has 0 fully saturated rings. The van der Waals surface area contributed by atoms with Crippen molar-refractivity contribution in [2.45, 2.75) is 11.3 Å². The fourth-order valence-corrected chi connectivity index (χ4v) is 3.52. The summed E-state index contributed by atoms with van der Waals surface area (Å²) >= 11 is 6.96. The first kappa shape index (κ1) is 16.7. The van der Waals surface area contributed by atoms with Crippen LogP contribution in [0.1, 0.15) is 12.0 Å². The molecule has 0 atom stereocenters. The molecule has 0 saturated carbocycles. The van der Waals surface area contributed by atoms with Gasteiger partial charge in [-0.1, -0.05) is 6.07 Å². The summed E-state index contributed by atoms with van der Waals surface area (Å²) < 4.78 is 18.7. The van der Waals surface area contributed by atoms with Crippen molar-refractivity contribution >= 4 is 40.5 Å². The highest BCUT2D eigenvalue weighted by Gasteiger charge is 2.17. The summed E-state index contributed by atoms with van der Waals surface area (Å²) in [7, 11) is 1.61. The molecule has 1 aliphatic heterocycles. The van der Waals surface area contributed by atoms with Crippen molar-refractivity contribution in [2.75, 3.05) is 18.2 Å². The average molecular weight is 361 g/mol. The number of rotatable bonds is 3. The van der Waals surface area contributed by atoms with Gasteiger partial charge in [-0.05, 0) is 42.5 Å². The number of hydrazone groups is 1. The maximum Gasteiger partial charge on any atom is 0.191 e. The van der Waals surface area contributed by atoms with Crippen LogP contribution in [0.2, 0.25) is 0 Å². The van der Waals surface area contributed by atoms with Crippen LogP contribution in [0.25, 0.3) is 0 Å². The van der Waals surface area contributed by atoms with E-state index in [2.05, 4.69) is 15.8 Å². The first-order chi connectivity index (χ1) is 11.7. The van der Waals surface area contributed by atoms with Crippen LogP contribution in [0.4, 0.5) is 10.1 Å². The van der Waals surface area contributed by atoms with E-state index in [-0.39, 0.29) is 5.82 Å². The Balaban J connectivity index is 1.70. The van der Waals surface area contributed by atoms with Crippen LogP contribution in [0.15, 0.2) is 52.5 Å². The fourth-order valence-electron chi connectivity index (χ4n) is 2.34. The molecule has 1 heterocycles. The Morgan fingerprint density at radius 1 is 1.29 bits per heavy atom. The molecule has 0 bridgehead atoms. The summed E-state index contributed by atoms with van der Waals surface area (Å²) in [6, 6.07) is 12.2. The van der Waals surface area contributed by atoms with Gasteiger partial charge in [0.05, 0.1) is 12.8 Å². The summed E-state index contributed by atoms with van der Waals surface area (Å²) in [6.45, 7) is 0. The standard InChI is InChI=1S/C17H16FN3OS2/c1-22-13-4-2-3-12(10-13)19-17(23)21-20-15-7-8-24-16-6-5-11(18)9-14(15)16/h2-6,9-10H,7-8H2,1H3,(H2,19,21,23)/b20-15+. The minimum Gasteiger partial charge on any atom is -0.497 e. The van der Waals surface area contributed by atoms with Gasteiger partial charge >= 0.3 is 0 Å². The van der Waals surface area contributed by atoms with Crippen molar-refractivity contribution in [2.24, 2.45) is 5.10 Å². The third-order valence-electron chi connectivity index (χ3n) is 3.47. The van der Waals surface area contributed by atoms with E-state index in [0.29, 0.717) is 5.11 Å². The normalized spacial score (nSPS) is 14.8. The van der Waals surface area contributed by atoms with E-state index in [1.165, 1.54) is 12.1 Å². The molecule has 24 heavy (non-hydrogen) atoms. The van der Waals surface area contributed by atoms with E-state index in [9.17, 15) is 4.39 Å². The third kappa shape index (κ3) is 4.04. The third-order valence-corrected chi connectivity index (χ3v) is 4.74. The quantitative estimate of drug-likeness (QED) is 0.639. The van der Waals surface area contributed by atoms with Crippen LogP contribution in [0, 0.1) is 5.82 Å². The zero-order valence-corrected chi connectivity index (χ0v) is 14.6. The number of nitrogens with zero attached hydrogens (tertiary/aromatic N) is 1. The number of methoxy groups -OCH3 is 1. The first-order valence-electron chi connectivity index (χ1n) is 7.36. The fraction of sp³-hybridized carbons (Fsp3) is 0.176. The molecule has 124 valence electrons. The van der Waals surface area contributed by atoms with E-state index >= 15 is 0 Å². The summed E-state index contributed by atoms with van der Waals surface area (Å²) in [5.74, 6) is 1.39. The summed E-state index contributed by atoms with van der Waals surface area (Å²) in [4.78, 5) is 1.04. The maximum absolute atomic E-state index is 13.5. The second-order valence-corrected chi connectivity index (χ2v) is 6.64. The molecule has 2 aromatic rings. The number of ether oxygens (including phenoxy) is 1. The Morgan fingerprint density at radius 2 is 2.17 bits per heavy atom. The van der Waals surface area contributed by atoms with Gasteiger partial charge < -0.3 is 10.1 Å². The SMILES string of the molecule is COc1cccc(NC(=S)N/N=C2\CCSc3ccc(F)cc32)c1. The van der Waals surface area contributed by atoms with Gasteiger partial charge in [0.25, 0.3) is 0 Å². The molecule has 4 nitrogen and oxygen atoms in total. The van der Waals surface area contributed by atoms with Gasteiger partial charge in [0.1, 0.15) is 11.6 Å². The van der Waals surface area contributed by atoms with Crippen molar-refractivity contribution in [1.82, 2.24) is 5.43 Å². The lowest BCUT2D eigenvalue weighted by Gasteiger charge is -2.17. The number of nitrogens with one attached hydrogen (secondary N) is 2. The highest BCUT2D eigenvalue weighted by Crippen LogP contribution is 2.30. The van der Waals surface area contributed by atoms with Crippen molar-refractivity contribution in [3.63, 3.8) is 0 Å². The molecule has 0 unspecified atom stereocenters. The number of thiocarbonyl (C=S) groups is 1. The molecule has 1 aliphatic rings. The maximum atomic E-state index is 13.5. The average Bonchev–Trinajstić information content (AvgIpc) is 2.60. The Morgan fingerprint density at radius 3 is 3.00 bits per heavy atom. The predicted octanol–water partition coefficient (Wildman–Crippen LogP) is 4.02. The van der Waals surface area contributed by atoms with Gasteiger partial charge in [-0.2, -0.15) is 5.10 Å². The van der Waals surface area contributed by atoms with Crippen LogP contribution in [-0.2, 0) is 0 Å². The van der Waals surface area contributed by atoms with Gasteiger partial charge in [-0.15, -0.1) is 11.8 Å². The van der Waals surface area contributed by atoms with Crippen LogP contribution < -0.4 is 15.5 Å². The van der Waals surface area contributed by atoms with E-state index in [4.69, 9.17) is 17.0 Å². The van der Waals surface area contributed by atoms with E-state index in [1.807, 2.05) is 24.3 Å². The number of fused-ring (bicyclic) bond motifs is 1. The smallest absolute Gasteiger partial charge is 0.191 e. The lowest BCUT2D eigenvalue weighted by atomic mass is 10.1. The van der Waals surface area contributed by atoms with Gasteiger partial charge in [-0.25, -0.2) is 4.39 Å². The van der Waals surface area contributed by atoms with Crippen LogP contribution in [0.5, 0.6) is 5.75 Å². The van der Waals surface area contributed by atoms with Gasteiger partial charge in [-0.3, -0.25) is 5.43 Å². The Labute approximate surface area is 149 Å². The Kier molecular flexibility index (Phi) is 5.32. The largest absolute Gasteiger partial charge is 0.497 e. The second-order valence-electron chi connectivity index (χ2n) is 5.10. The summed E-state index contributed by atoms with van der Waals surface area (Å²) in [5.41, 5.74) is 5.26. The predicted molar refractivity (Wildman–Crippen MR) is 101 cm³/mol. The number of halogens is 1. The van der Waals surface area contributed by atoms with Crippen molar-refractivity contribution < 1.29 is 9.13 Å². The van der Waals surface area contributed by atoms with E-state index < -0.39 is 0 Å². The van der Waals surface area contributed by atoms with Crippen LogP contribution in [0.3, 0.4) is 0 Å². The van der Waals surface area contributed by atoms with E-state index in [0.717, 1.165) is 39.8 Å². The minimum absolute atomic E-state index is 0.263. The Hall–Kier alpha value is -2.12. The number of hydrogen-bond acceptors (Lipinski definition) is 4. The lowest BCUT2D eigenvalue weighted by Crippen LogP contribution is -2.26. The minimum atomic E-state index is -0.263. The number of anilines is 1. The van der Waals surface area contributed by atoms with Crippen molar-refractivity contribution in [1.29, 1.82) is 0 Å². The zero-order valence-electron chi connectivity index (χ0n) is 13.0. The van der Waals surface area contributed by atoms with Gasteiger partial charge in [0.2, 0.25) is 0 Å². The van der Waals surface area contributed by atoms with Gasteiger partial charge in [0, 0.05) is 34.4 Å². The first-order valence-corrected chi connectivity index (χ1v) is 8.75. The molecule has 0 radical (unpaired) electrons. The Bertz CT molecular complexity index is 795. The molecule has 2 N–H and O–H groups in total. The molecule has 0 saturated heterocycles. The molecule has 0 amide bonds. The molecule has 0 aromatic heterocycles. The number of thioether (sulfide) groups is 1. The topological polar surface area (TPSA) is 45.6 Å². The lowest BCUT2D eigenvalue weighted by molar-refractivity contribution is 0.415. The molecule has 2 aromatic carbocycles.